The molecule has 1 heterocycles. The van der Waals surface area contributed by atoms with Crippen molar-refractivity contribution in [2.24, 2.45) is 0 Å². The van der Waals surface area contributed by atoms with E-state index in [9.17, 15) is 14.4 Å². The number of amides is 2. The third kappa shape index (κ3) is 4.20. The second kappa shape index (κ2) is 8.39. The number of aromatic amines is 1. The van der Waals surface area contributed by atoms with E-state index >= 15 is 0 Å². The zero-order valence-corrected chi connectivity index (χ0v) is 15.7. The highest BCUT2D eigenvalue weighted by Gasteiger charge is 2.12. The number of hydrogen-bond acceptors (Lipinski definition) is 4. The molecule has 0 atom stereocenters. The van der Waals surface area contributed by atoms with E-state index in [0.717, 1.165) is 5.39 Å². The molecule has 7 heteroatoms. The van der Waals surface area contributed by atoms with Gasteiger partial charge in [0.2, 0.25) is 5.91 Å². The number of carbonyl (C=O) groups excluding carboxylic acids is 2. The van der Waals surface area contributed by atoms with Gasteiger partial charge in [0.15, 0.2) is 0 Å². The number of pyridine rings is 1. The summed E-state index contributed by atoms with van der Waals surface area (Å²) in [6.45, 7) is 0. The van der Waals surface area contributed by atoms with Gasteiger partial charge in [-0.25, -0.2) is 0 Å². The molecule has 0 unspecified atom stereocenters. The lowest BCUT2D eigenvalue weighted by atomic mass is 10.1. The highest BCUT2D eigenvalue weighted by molar-refractivity contribution is 6.03. The van der Waals surface area contributed by atoms with Gasteiger partial charge in [-0.2, -0.15) is 0 Å². The van der Waals surface area contributed by atoms with Crippen LogP contribution in [0.1, 0.15) is 22.3 Å². The number of ether oxygens (including phenoxy) is 1. The number of nitrogens with one attached hydrogen (secondary N) is 3. The first-order chi connectivity index (χ1) is 13.5. The molecule has 144 valence electrons. The van der Waals surface area contributed by atoms with Gasteiger partial charge in [0.25, 0.3) is 11.5 Å². The predicted octanol–water partition coefficient (Wildman–Crippen LogP) is 2.47. The van der Waals surface area contributed by atoms with Crippen LogP contribution in [0.2, 0.25) is 0 Å². The highest BCUT2D eigenvalue weighted by atomic mass is 16.5. The lowest BCUT2D eigenvalue weighted by molar-refractivity contribution is -0.116. The van der Waals surface area contributed by atoms with Crippen LogP contribution in [-0.2, 0) is 11.2 Å². The van der Waals surface area contributed by atoms with Crippen LogP contribution in [0.25, 0.3) is 10.9 Å². The van der Waals surface area contributed by atoms with E-state index in [0.29, 0.717) is 28.1 Å². The van der Waals surface area contributed by atoms with Crippen molar-refractivity contribution in [3.8, 4) is 5.75 Å². The molecule has 3 N–H and O–H groups in total. The normalized spacial score (nSPS) is 10.5. The highest BCUT2D eigenvalue weighted by Crippen LogP contribution is 2.19. The van der Waals surface area contributed by atoms with Gasteiger partial charge in [-0.1, -0.05) is 12.1 Å². The summed E-state index contributed by atoms with van der Waals surface area (Å²) in [7, 11) is 3.09. The zero-order chi connectivity index (χ0) is 20.1. The van der Waals surface area contributed by atoms with E-state index in [-0.39, 0.29) is 30.2 Å². The fourth-order valence-electron chi connectivity index (χ4n) is 2.92. The Kier molecular flexibility index (Phi) is 5.74. The molecule has 0 bridgehead atoms. The number of carbonyl (C=O) groups is 2. The number of aromatic nitrogens is 1. The molecule has 1 aromatic heterocycles. The standard InChI is InChI=1S/C21H21N3O4/c1-22-21(27)16-5-3-4-6-17(16)23-19(25)10-8-14-11-13-7-9-15(28-2)12-18(13)24-20(14)26/h3-7,9,11-12H,8,10H2,1-2H3,(H,22,27)(H,23,25)(H,24,26). The lowest BCUT2D eigenvalue weighted by Gasteiger charge is -2.10. The molecule has 0 fully saturated rings. The minimum atomic E-state index is -0.280. The van der Waals surface area contributed by atoms with Crippen LogP contribution in [0.4, 0.5) is 5.69 Å². The third-order valence-electron chi connectivity index (χ3n) is 4.42. The van der Waals surface area contributed by atoms with Crippen LogP contribution in [0, 0.1) is 0 Å². The van der Waals surface area contributed by atoms with E-state index in [2.05, 4.69) is 15.6 Å². The molecule has 28 heavy (non-hydrogen) atoms. The number of rotatable bonds is 6. The Morgan fingerprint density at radius 1 is 1.11 bits per heavy atom. The lowest BCUT2D eigenvalue weighted by Crippen LogP contribution is -2.22. The molecule has 3 aromatic rings. The van der Waals surface area contributed by atoms with Crippen LogP contribution < -0.4 is 20.9 Å². The molecule has 2 amide bonds. The second-order valence-corrected chi connectivity index (χ2v) is 6.25. The minimum absolute atomic E-state index is 0.118. The molecule has 0 radical (unpaired) electrons. The molecule has 7 nitrogen and oxygen atoms in total. The monoisotopic (exact) mass is 379 g/mol. The van der Waals surface area contributed by atoms with Crippen LogP contribution in [-0.4, -0.2) is 31.0 Å². The molecular formula is C21H21N3O4. The summed E-state index contributed by atoms with van der Waals surface area (Å²) in [4.78, 5) is 39.4. The van der Waals surface area contributed by atoms with Crippen LogP contribution >= 0.6 is 0 Å². The summed E-state index contributed by atoms with van der Waals surface area (Å²) >= 11 is 0. The van der Waals surface area contributed by atoms with Crippen LogP contribution in [0.15, 0.2) is 53.3 Å². The Bertz CT molecular complexity index is 1090. The number of methoxy groups -OCH3 is 1. The van der Waals surface area contributed by atoms with Gasteiger partial charge >= 0.3 is 0 Å². The van der Waals surface area contributed by atoms with E-state index in [1.165, 1.54) is 7.05 Å². The average Bonchev–Trinajstić information content (AvgIpc) is 2.71. The van der Waals surface area contributed by atoms with Crippen molar-refractivity contribution >= 4 is 28.4 Å². The number of aryl methyl sites for hydroxylation is 1. The van der Waals surface area contributed by atoms with Crippen LogP contribution in [0.5, 0.6) is 5.75 Å². The summed E-state index contributed by atoms with van der Waals surface area (Å²) in [5, 5.41) is 6.14. The molecular weight excluding hydrogens is 358 g/mol. The number of H-pyrrole nitrogens is 1. The van der Waals surface area contributed by atoms with E-state index in [1.807, 2.05) is 12.1 Å². The first-order valence-electron chi connectivity index (χ1n) is 8.82. The predicted molar refractivity (Wildman–Crippen MR) is 108 cm³/mol. The van der Waals surface area contributed by atoms with Crippen LogP contribution in [0.3, 0.4) is 0 Å². The molecule has 0 saturated heterocycles. The number of fused-ring (bicyclic) bond motifs is 1. The summed E-state index contributed by atoms with van der Waals surface area (Å²) in [6.07, 6.45) is 0.401. The maximum atomic E-state index is 12.3. The fraction of sp³-hybridized carbons (Fsp3) is 0.190. The molecule has 0 aliphatic heterocycles. The number of anilines is 1. The van der Waals surface area contributed by atoms with Crippen molar-refractivity contribution in [2.45, 2.75) is 12.8 Å². The number of benzene rings is 2. The van der Waals surface area contributed by atoms with Crippen molar-refractivity contribution < 1.29 is 14.3 Å². The Labute approximate surface area is 161 Å². The molecule has 0 saturated carbocycles. The maximum Gasteiger partial charge on any atom is 0.253 e. The van der Waals surface area contributed by atoms with Gasteiger partial charge in [0, 0.05) is 25.1 Å². The van der Waals surface area contributed by atoms with Gasteiger partial charge in [-0.05, 0) is 42.1 Å². The van der Waals surface area contributed by atoms with E-state index in [1.54, 1.807) is 43.5 Å². The fourth-order valence-corrected chi connectivity index (χ4v) is 2.92. The van der Waals surface area contributed by atoms with Gasteiger partial charge in [0.05, 0.1) is 23.9 Å². The van der Waals surface area contributed by atoms with E-state index < -0.39 is 0 Å². The third-order valence-corrected chi connectivity index (χ3v) is 4.42. The van der Waals surface area contributed by atoms with Gasteiger partial charge in [0.1, 0.15) is 5.75 Å². The molecule has 0 spiro atoms. The topological polar surface area (TPSA) is 100 Å². The summed E-state index contributed by atoms with van der Waals surface area (Å²) in [5.41, 5.74) is 1.78. The van der Waals surface area contributed by atoms with Gasteiger partial charge in [-0.15, -0.1) is 0 Å². The van der Waals surface area contributed by atoms with Gasteiger partial charge < -0.3 is 20.4 Å². The van der Waals surface area contributed by atoms with Crippen molar-refractivity contribution in [2.75, 3.05) is 19.5 Å². The zero-order valence-electron chi connectivity index (χ0n) is 15.7. The quantitative estimate of drug-likeness (QED) is 0.612. The SMILES string of the molecule is CNC(=O)c1ccccc1NC(=O)CCc1cc2ccc(OC)cc2[nH]c1=O. The Morgan fingerprint density at radius 2 is 1.89 bits per heavy atom. The first-order valence-corrected chi connectivity index (χ1v) is 8.82. The Hall–Kier alpha value is -3.61. The van der Waals surface area contributed by atoms with Crippen molar-refractivity contribution in [3.05, 3.63) is 70.0 Å². The van der Waals surface area contributed by atoms with Crippen molar-refractivity contribution in [1.29, 1.82) is 0 Å². The Balaban J connectivity index is 1.72. The molecule has 0 aliphatic carbocycles. The van der Waals surface area contributed by atoms with Gasteiger partial charge in [-0.3, -0.25) is 14.4 Å². The summed E-state index contributed by atoms with van der Waals surface area (Å²) in [5.74, 6) is 0.105. The molecule has 2 aromatic carbocycles. The Morgan fingerprint density at radius 3 is 2.64 bits per heavy atom. The minimum Gasteiger partial charge on any atom is -0.497 e. The second-order valence-electron chi connectivity index (χ2n) is 6.25. The summed E-state index contributed by atoms with van der Waals surface area (Å²) < 4.78 is 5.16. The van der Waals surface area contributed by atoms with E-state index in [4.69, 9.17) is 4.74 Å². The number of para-hydroxylation sites is 1. The summed E-state index contributed by atoms with van der Waals surface area (Å²) in [6, 6.07) is 14.0. The number of hydrogen-bond donors (Lipinski definition) is 3. The average molecular weight is 379 g/mol. The van der Waals surface area contributed by atoms with Crippen molar-refractivity contribution in [1.82, 2.24) is 10.3 Å². The van der Waals surface area contributed by atoms with Crippen molar-refractivity contribution in [3.63, 3.8) is 0 Å². The smallest absolute Gasteiger partial charge is 0.253 e. The largest absolute Gasteiger partial charge is 0.497 e. The maximum absolute atomic E-state index is 12.3. The molecule has 0 aliphatic rings. The molecule has 3 rings (SSSR count). The first kappa shape index (κ1) is 19.2.